The molecule has 1 nitrogen and oxygen atoms in total. The second-order valence-corrected chi connectivity index (χ2v) is 6.16. The highest BCUT2D eigenvalue weighted by Crippen LogP contribution is 2.26. The quantitative estimate of drug-likeness (QED) is 0.868. The number of nitrogens with two attached hydrogens (primary N) is 1. The molecule has 0 aliphatic carbocycles. The smallest absolute Gasteiger partial charge is 0.0624 e. The van der Waals surface area contributed by atoms with Gasteiger partial charge in [0, 0.05) is 6.04 Å². The Balaban J connectivity index is 2.09. The van der Waals surface area contributed by atoms with E-state index in [4.69, 9.17) is 28.9 Å². The van der Waals surface area contributed by atoms with E-state index in [2.05, 4.69) is 32.0 Å². The lowest BCUT2D eigenvalue weighted by molar-refractivity contribution is 0.664. The molecule has 0 aliphatic rings. The van der Waals surface area contributed by atoms with Crippen molar-refractivity contribution >= 4 is 23.2 Å². The van der Waals surface area contributed by atoms with Crippen LogP contribution in [0.25, 0.3) is 0 Å². The molecule has 0 aromatic heterocycles. The molecule has 0 bridgehead atoms. The minimum absolute atomic E-state index is 0.0344. The largest absolute Gasteiger partial charge is 0.327 e. The van der Waals surface area contributed by atoms with Gasteiger partial charge in [-0.05, 0) is 43.9 Å². The van der Waals surface area contributed by atoms with Gasteiger partial charge in [0.25, 0.3) is 0 Å². The standard InChI is InChI=1S/C17H19Cl2N/c1-11-6-12(2)8-13(7-11)9-15(20)10-14-4-3-5-16(18)17(14)19/h3-8,15H,9-10,20H2,1-2H3. The highest BCUT2D eigenvalue weighted by molar-refractivity contribution is 6.42. The Morgan fingerprint density at radius 3 is 2.30 bits per heavy atom. The van der Waals surface area contributed by atoms with E-state index in [9.17, 15) is 0 Å². The fourth-order valence-electron chi connectivity index (χ4n) is 2.55. The molecule has 0 fully saturated rings. The normalized spacial score (nSPS) is 12.4. The molecule has 1 unspecified atom stereocenters. The van der Waals surface area contributed by atoms with Crippen molar-refractivity contribution in [3.05, 3.63) is 68.7 Å². The van der Waals surface area contributed by atoms with Crippen LogP contribution in [-0.4, -0.2) is 6.04 Å². The fraction of sp³-hybridized carbons (Fsp3) is 0.294. The summed E-state index contributed by atoms with van der Waals surface area (Å²) >= 11 is 12.2. The molecule has 3 heteroatoms. The molecule has 20 heavy (non-hydrogen) atoms. The van der Waals surface area contributed by atoms with Crippen molar-refractivity contribution in [2.24, 2.45) is 5.73 Å². The van der Waals surface area contributed by atoms with Gasteiger partial charge in [-0.25, -0.2) is 0 Å². The minimum Gasteiger partial charge on any atom is -0.327 e. The molecule has 2 rings (SSSR count). The predicted molar refractivity (Wildman–Crippen MR) is 87.8 cm³/mol. The molecule has 2 aromatic carbocycles. The van der Waals surface area contributed by atoms with E-state index in [0.717, 1.165) is 18.4 Å². The first-order valence-electron chi connectivity index (χ1n) is 6.71. The summed E-state index contributed by atoms with van der Waals surface area (Å²) in [5.74, 6) is 0. The molecule has 1 atom stereocenters. The number of rotatable bonds is 4. The van der Waals surface area contributed by atoms with Gasteiger partial charge < -0.3 is 5.73 Å². The van der Waals surface area contributed by atoms with Crippen LogP contribution in [0.2, 0.25) is 10.0 Å². The lowest BCUT2D eigenvalue weighted by Gasteiger charge is -2.14. The summed E-state index contributed by atoms with van der Waals surface area (Å²) in [7, 11) is 0. The molecule has 106 valence electrons. The van der Waals surface area contributed by atoms with E-state index in [-0.39, 0.29) is 6.04 Å². The second kappa shape index (κ2) is 6.62. The predicted octanol–water partition coefficient (Wildman–Crippen LogP) is 4.72. The topological polar surface area (TPSA) is 26.0 Å². The third-order valence-electron chi connectivity index (χ3n) is 3.29. The van der Waals surface area contributed by atoms with Crippen molar-refractivity contribution in [2.45, 2.75) is 32.7 Å². The number of aryl methyl sites for hydroxylation is 2. The van der Waals surface area contributed by atoms with Crippen LogP contribution in [0.4, 0.5) is 0 Å². The van der Waals surface area contributed by atoms with Gasteiger partial charge in [0.1, 0.15) is 0 Å². The Kier molecular flexibility index (Phi) is 5.09. The summed E-state index contributed by atoms with van der Waals surface area (Å²) in [6.45, 7) is 4.21. The fourth-order valence-corrected chi connectivity index (χ4v) is 2.95. The van der Waals surface area contributed by atoms with Crippen LogP contribution in [-0.2, 0) is 12.8 Å². The van der Waals surface area contributed by atoms with Crippen molar-refractivity contribution in [1.29, 1.82) is 0 Å². The van der Waals surface area contributed by atoms with Gasteiger partial charge in [0.15, 0.2) is 0 Å². The van der Waals surface area contributed by atoms with Crippen molar-refractivity contribution in [2.75, 3.05) is 0 Å². The highest BCUT2D eigenvalue weighted by Gasteiger charge is 2.10. The van der Waals surface area contributed by atoms with Crippen molar-refractivity contribution in [3.63, 3.8) is 0 Å². The lowest BCUT2D eigenvalue weighted by atomic mass is 9.97. The Morgan fingerprint density at radius 2 is 1.65 bits per heavy atom. The van der Waals surface area contributed by atoms with Crippen LogP contribution in [0.1, 0.15) is 22.3 Å². The van der Waals surface area contributed by atoms with Crippen molar-refractivity contribution in [1.82, 2.24) is 0 Å². The first kappa shape index (κ1) is 15.4. The van der Waals surface area contributed by atoms with Gasteiger partial charge in [0.05, 0.1) is 10.0 Å². The van der Waals surface area contributed by atoms with Crippen LogP contribution >= 0.6 is 23.2 Å². The van der Waals surface area contributed by atoms with Crippen LogP contribution in [0, 0.1) is 13.8 Å². The van der Waals surface area contributed by atoms with E-state index < -0.39 is 0 Å². The average molecular weight is 308 g/mol. The Morgan fingerprint density at radius 1 is 1.00 bits per heavy atom. The molecule has 2 aromatic rings. The maximum absolute atomic E-state index is 6.26. The molecule has 2 N–H and O–H groups in total. The van der Waals surface area contributed by atoms with Gasteiger partial charge >= 0.3 is 0 Å². The van der Waals surface area contributed by atoms with E-state index in [1.165, 1.54) is 16.7 Å². The lowest BCUT2D eigenvalue weighted by Crippen LogP contribution is -2.25. The molecular weight excluding hydrogens is 289 g/mol. The monoisotopic (exact) mass is 307 g/mol. The van der Waals surface area contributed by atoms with E-state index in [1.807, 2.05) is 12.1 Å². The van der Waals surface area contributed by atoms with Gasteiger partial charge in [-0.15, -0.1) is 0 Å². The Hall–Kier alpha value is -1.02. The van der Waals surface area contributed by atoms with Gasteiger partial charge in [0.2, 0.25) is 0 Å². The molecular formula is C17H19Cl2N. The number of hydrogen-bond acceptors (Lipinski definition) is 1. The Bertz CT molecular complexity index is 588. The summed E-state index contributed by atoms with van der Waals surface area (Å²) in [5.41, 5.74) is 11.1. The maximum Gasteiger partial charge on any atom is 0.0624 e. The highest BCUT2D eigenvalue weighted by atomic mass is 35.5. The van der Waals surface area contributed by atoms with E-state index >= 15 is 0 Å². The Labute approximate surface area is 130 Å². The summed E-state index contributed by atoms with van der Waals surface area (Å²) in [6, 6.07) is 12.3. The zero-order valence-electron chi connectivity index (χ0n) is 11.8. The van der Waals surface area contributed by atoms with Crippen LogP contribution < -0.4 is 5.73 Å². The molecule has 0 radical (unpaired) electrons. The summed E-state index contributed by atoms with van der Waals surface area (Å²) in [4.78, 5) is 0. The molecule has 0 amide bonds. The van der Waals surface area contributed by atoms with Crippen molar-refractivity contribution in [3.8, 4) is 0 Å². The zero-order valence-corrected chi connectivity index (χ0v) is 13.3. The summed E-state index contributed by atoms with van der Waals surface area (Å²) in [5, 5.41) is 1.20. The van der Waals surface area contributed by atoms with Crippen molar-refractivity contribution < 1.29 is 0 Å². The number of halogens is 2. The third kappa shape index (κ3) is 3.99. The molecule has 0 saturated carbocycles. The summed E-state index contributed by atoms with van der Waals surface area (Å²) in [6.07, 6.45) is 1.57. The number of hydrogen-bond donors (Lipinski definition) is 1. The SMILES string of the molecule is Cc1cc(C)cc(CC(N)Cc2cccc(Cl)c2Cl)c1. The van der Waals surface area contributed by atoms with E-state index in [1.54, 1.807) is 6.07 Å². The molecule has 0 saturated heterocycles. The minimum atomic E-state index is 0.0344. The first-order valence-corrected chi connectivity index (χ1v) is 7.47. The maximum atomic E-state index is 6.26. The zero-order chi connectivity index (χ0) is 14.7. The van der Waals surface area contributed by atoms with Gasteiger partial charge in [-0.1, -0.05) is 64.7 Å². The van der Waals surface area contributed by atoms with Gasteiger partial charge in [-0.3, -0.25) is 0 Å². The van der Waals surface area contributed by atoms with Crippen LogP contribution in [0.15, 0.2) is 36.4 Å². The van der Waals surface area contributed by atoms with Crippen LogP contribution in [0.5, 0.6) is 0 Å². The van der Waals surface area contributed by atoms with Crippen LogP contribution in [0.3, 0.4) is 0 Å². The number of benzene rings is 2. The van der Waals surface area contributed by atoms with E-state index in [0.29, 0.717) is 10.0 Å². The van der Waals surface area contributed by atoms with Gasteiger partial charge in [-0.2, -0.15) is 0 Å². The first-order chi connectivity index (χ1) is 9.45. The molecule has 0 spiro atoms. The molecule has 0 aliphatic heterocycles. The third-order valence-corrected chi connectivity index (χ3v) is 4.15. The second-order valence-electron chi connectivity index (χ2n) is 5.38. The average Bonchev–Trinajstić information content (AvgIpc) is 2.33. The molecule has 0 heterocycles. The summed E-state index contributed by atoms with van der Waals surface area (Å²) < 4.78 is 0.